The Hall–Kier alpha value is -2.60. The van der Waals surface area contributed by atoms with Crippen LogP contribution in [0.25, 0.3) is 0 Å². The highest BCUT2D eigenvalue weighted by atomic mass is 32.1. The number of methoxy groups -OCH3 is 2. The SMILES string of the molecule is COc1ccc(/C(C)=N\NC(=S)Nc2ccc(C)cc2)cc1OC. The van der Waals surface area contributed by atoms with Gasteiger partial charge in [0.25, 0.3) is 0 Å². The van der Waals surface area contributed by atoms with E-state index < -0.39 is 0 Å². The van der Waals surface area contributed by atoms with E-state index in [4.69, 9.17) is 21.7 Å². The molecule has 0 aliphatic heterocycles. The third-order valence-corrected chi connectivity index (χ3v) is 3.63. The van der Waals surface area contributed by atoms with Gasteiger partial charge in [0.1, 0.15) is 0 Å². The largest absolute Gasteiger partial charge is 0.493 e. The van der Waals surface area contributed by atoms with Crippen LogP contribution in [0.2, 0.25) is 0 Å². The number of thiocarbonyl (C=S) groups is 1. The summed E-state index contributed by atoms with van der Waals surface area (Å²) in [7, 11) is 3.21. The Balaban J connectivity index is 2.02. The van der Waals surface area contributed by atoms with Crippen molar-refractivity contribution in [3.63, 3.8) is 0 Å². The molecule has 0 atom stereocenters. The van der Waals surface area contributed by atoms with E-state index >= 15 is 0 Å². The van der Waals surface area contributed by atoms with Crippen LogP contribution < -0.4 is 20.2 Å². The predicted molar refractivity (Wildman–Crippen MR) is 102 cm³/mol. The monoisotopic (exact) mass is 343 g/mol. The maximum atomic E-state index is 5.30. The molecule has 0 saturated heterocycles. The third kappa shape index (κ3) is 4.70. The van der Waals surface area contributed by atoms with Crippen molar-refractivity contribution >= 4 is 28.7 Å². The van der Waals surface area contributed by atoms with Gasteiger partial charge in [-0.05, 0) is 56.4 Å². The molecular formula is C18H21N3O2S. The van der Waals surface area contributed by atoms with Crippen molar-refractivity contribution in [3.05, 3.63) is 53.6 Å². The maximum absolute atomic E-state index is 5.30. The van der Waals surface area contributed by atoms with Gasteiger partial charge in [-0.1, -0.05) is 17.7 Å². The second-order valence-corrected chi connectivity index (χ2v) is 5.61. The van der Waals surface area contributed by atoms with Gasteiger partial charge < -0.3 is 14.8 Å². The summed E-state index contributed by atoms with van der Waals surface area (Å²) in [6.07, 6.45) is 0. The predicted octanol–water partition coefficient (Wildman–Crippen LogP) is 3.72. The molecule has 0 aliphatic rings. The first-order valence-corrected chi connectivity index (χ1v) is 7.84. The fraction of sp³-hybridized carbons (Fsp3) is 0.222. The first-order valence-electron chi connectivity index (χ1n) is 7.44. The molecule has 0 unspecified atom stereocenters. The molecule has 126 valence electrons. The summed E-state index contributed by atoms with van der Waals surface area (Å²) >= 11 is 5.25. The zero-order valence-corrected chi connectivity index (χ0v) is 15.0. The molecule has 0 bridgehead atoms. The molecule has 2 aromatic carbocycles. The fourth-order valence-electron chi connectivity index (χ4n) is 2.06. The molecule has 2 rings (SSSR count). The van der Waals surface area contributed by atoms with Crippen LogP contribution in [0.1, 0.15) is 18.1 Å². The van der Waals surface area contributed by atoms with E-state index in [0.717, 1.165) is 17.0 Å². The number of hydrogen-bond donors (Lipinski definition) is 2. The van der Waals surface area contributed by atoms with Gasteiger partial charge in [-0.25, -0.2) is 0 Å². The van der Waals surface area contributed by atoms with Crippen molar-refractivity contribution in [2.45, 2.75) is 13.8 Å². The Morgan fingerprint density at radius 1 is 1.00 bits per heavy atom. The van der Waals surface area contributed by atoms with Gasteiger partial charge in [-0.2, -0.15) is 5.10 Å². The molecular weight excluding hydrogens is 322 g/mol. The fourth-order valence-corrected chi connectivity index (χ4v) is 2.22. The van der Waals surface area contributed by atoms with E-state index in [2.05, 4.69) is 15.8 Å². The van der Waals surface area contributed by atoms with Crippen LogP contribution >= 0.6 is 12.2 Å². The lowest BCUT2D eigenvalue weighted by Crippen LogP contribution is -2.24. The molecule has 0 aliphatic carbocycles. The molecule has 0 saturated carbocycles. The van der Waals surface area contributed by atoms with Crippen LogP contribution in [0.15, 0.2) is 47.6 Å². The molecule has 0 heterocycles. The summed E-state index contributed by atoms with van der Waals surface area (Å²) in [4.78, 5) is 0. The summed E-state index contributed by atoms with van der Waals surface area (Å²) in [5.41, 5.74) is 6.65. The van der Waals surface area contributed by atoms with Crippen molar-refractivity contribution in [3.8, 4) is 11.5 Å². The standard InChI is InChI=1S/C18H21N3O2S/c1-12-5-8-15(9-6-12)19-18(24)21-20-13(2)14-7-10-16(22-3)17(11-14)23-4/h5-11H,1-4H3,(H2,19,21,24)/b20-13-. The van der Waals surface area contributed by atoms with Crippen molar-refractivity contribution in [1.82, 2.24) is 5.43 Å². The van der Waals surface area contributed by atoms with Crippen LogP contribution in [-0.4, -0.2) is 25.0 Å². The van der Waals surface area contributed by atoms with Gasteiger partial charge >= 0.3 is 0 Å². The quantitative estimate of drug-likeness (QED) is 0.492. The van der Waals surface area contributed by atoms with Crippen molar-refractivity contribution in [2.75, 3.05) is 19.5 Å². The second-order valence-electron chi connectivity index (χ2n) is 5.20. The average molecular weight is 343 g/mol. The Morgan fingerprint density at radius 3 is 2.29 bits per heavy atom. The number of rotatable bonds is 5. The van der Waals surface area contributed by atoms with Gasteiger partial charge in [0.15, 0.2) is 16.6 Å². The maximum Gasteiger partial charge on any atom is 0.191 e. The lowest BCUT2D eigenvalue weighted by Gasteiger charge is -2.10. The van der Waals surface area contributed by atoms with Gasteiger partial charge in [-0.3, -0.25) is 5.43 Å². The van der Waals surface area contributed by atoms with E-state index in [1.54, 1.807) is 14.2 Å². The number of ether oxygens (including phenoxy) is 2. The molecule has 5 nitrogen and oxygen atoms in total. The minimum absolute atomic E-state index is 0.429. The minimum atomic E-state index is 0.429. The zero-order valence-electron chi connectivity index (χ0n) is 14.2. The van der Waals surface area contributed by atoms with Gasteiger partial charge in [-0.15, -0.1) is 0 Å². The third-order valence-electron chi connectivity index (χ3n) is 3.44. The van der Waals surface area contributed by atoms with Crippen LogP contribution in [0, 0.1) is 6.92 Å². The molecule has 0 radical (unpaired) electrons. The van der Waals surface area contributed by atoms with Gasteiger partial charge in [0, 0.05) is 11.3 Å². The van der Waals surface area contributed by atoms with E-state index in [-0.39, 0.29) is 0 Å². The number of anilines is 1. The van der Waals surface area contributed by atoms with Crippen LogP contribution in [0.5, 0.6) is 11.5 Å². The topological polar surface area (TPSA) is 54.9 Å². The van der Waals surface area contributed by atoms with Crippen molar-refractivity contribution in [1.29, 1.82) is 0 Å². The Bertz CT molecular complexity index is 742. The smallest absolute Gasteiger partial charge is 0.191 e. The molecule has 24 heavy (non-hydrogen) atoms. The second kappa shape index (κ2) is 8.31. The van der Waals surface area contributed by atoms with E-state index in [1.807, 2.05) is 56.3 Å². The number of nitrogens with zero attached hydrogens (tertiary/aromatic N) is 1. The number of hydrazone groups is 1. The van der Waals surface area contributed by atoms with E-state index in [1.165, 1.54) is 5.56 Å². The molecule has 2 N–H and O–H groups in total. The number of aryl methyl sites for hydroxylation is 1. The zero-order chi connectivity index (χ0) is 17.5. The van der Waals surface area contributed by atoms with Gasteiger partial charge in [0.05, 0.1) is 19.9 Å². The number of hydrogen-bond acceptors (Lipinski definition) is 4. The average Bonchev–Trinajstić information content (AvgIpc) is 2.61. The summed E-state index contributed by atoms with van der Waals surface area (Å²) in [6, 6.07) is 13.6. The summed E-state index contributed by atoms with van der Waals surface area (Å²) in [5, 5.41) is 7.82. The molecule has 0 spiro atoms. The molecule has 2 aromatic rings. The van der Waals surface area contributed by atoms with Crippen LogP contribution in [-0.2, 0) is 0 Å². The highest BCUT2D eigenvalue weighted by Crippen LogP contribution is 2.27. The number of nitrogens with one attached hydrogen (secondary N) is 2. The summed E-state index contributed by atoms with van der Waals surface area (Å²) in [5.74, 6) is 1.34. The first kappa shape index (κ1) is 17.7. The van der Waals surface area contributed by atoms with Gasteiger partial charge in [0.2, 0.25) is 0 Å². The van der Waals surface area contributed by atoms with Crippen LogP contribution in [0.4, 0.5) is 5.69 Å². The lowest BCUT2D eigenvalue weighted by molar-refractivity contribution is 0.355. The van der Waals surface area contributed by atoms with Crippen LogP contribution in [0.3, 0.4) is 0 Å². The highest BCUT2D eigenvalue weighted by Gasteiger charge is 2.06. The lowest BCUT2D eigenvalue weighted by atomic mass is 10.1. The van der Waals surface area contributed by atoms with E-state index in [9.17, 15) is 0 Å². The molecule has 0 fully saturated rings. The molecule has 0 amide bonds. The first-order chi connectivity index (χ1) is 11.5. The normalized spacial score (nSPS) is 10.9. The highest BCUT2D eigenvalue weighted by molar-refractivity contribution is 7.80. The number of benzene rings is 2. The summed E-state index contributed by atoms with van der Waals surface area (Å²) < 4.78 is 10.5. The van der Waals surface area contributed by atoms with E-state index in [0.29, 0.717) is 16.6 Å². The molecule has 0 aromatic heterocycles. The minimum Gasteiger partial charge on any atom is -0.493 e. The van der Waals surface area contributed by atoms with Crippen molar-refractivity contribution < 1.29 is 9.47 Å². The molecule has 6 heteroatoms. The Labute approximate surface area is 147 Å². The van der Waals surface area contributed by atoms with Crippen molar-refractivity contribution in [2.24, 2.45) is 5.10 Å². The Kier molecular flexibility index (Phi) is 6.14. The Morgan fingerprint density at radius 2 is 1.67 bits per heavy atom. The summed E-state index contributed by atoms with van der Waals surface area (Å²) in [6.45, 7) is 3.93.